The van der Waals surface area contributed by atoms with Gasteiger partial charge >= 0.3 is 0 Å². The highest BCUT2D eigenvalue weighted by molar-refractivity contribution is 7.84. The van der Waals surface area contributed by atoms with E-state index in [-0.39, 0.29) is 0 Å². The van der Waals surface area contributed by atoms with Gasteiger partial charge in [0, 0.05) is 28.8 Å². The highest BCUT2D eigenvalue weighted by Crippen LogP contribution is 2.31. The normalized spacial score (nSPS) is 12.4. The Kier molecular flexibility index (Phi) is 6.21. The first-order valence-electron chi connectivity index (χ1n) is 9.36. The van der Waals surface area contributed by atoms with Crippen molar-refractivity contribution < 1.29 is 4.21 Å². The molecule has 0 spiro atoms. The van der Waals surface area contributed by atoms with E-state index in [0.29, 0.717) is 32.4 Å². The van der Waals surface area contributed by atoms with Gasteiger partial charge in [0.2, 0.25) is 0 Å². The summed E-state index contributed by atoms with van der Waals surface area (Å²) in [6, 6.07) is 15.0. The third-order valence-corrected chi connectivity index (χ3v) is 7.58. The number of benzene rings is 2. The minimum absolute atomic E-state index is 0.374. The summed E-state index contributed by atoms with van der Waals surface area (Å²) in [5, 5.41) is 3.34. The molecule has 7 heteroatoms. The van der Waals surface area contributed by atoms with Crippen molar-refractivity contribution in [2.75, 3.05) is 0 Å². The van der Waals surface area contributed by atoms with Crippen LogP contribution < -0.4 is 0 Å². The summed E-state index contributed by atoms with van der Waals surface area (Å²) in [7, 11) is -1.31. The predicted molar refractivity (Wildman–Crippen MR) is 126 cm³/mol. The van der Waals surface area contributed by atoms with Gasteiger partial charge in [-0.15, -0.1) is 0 Å². The second kappa shape index (κ2) is 8.72. The Morgan fingerprint density at radius 2 is 1.63 bits per heavy atom. The first-order valence-corrected chi connectivity index (χ1v) is 11.8. The monoisotopic (exact) mass is 476 g/mol. The van der Waals surface area contributed by atoms with Gasteiger partial charge in [-0.2, -0.15) is 0 Å². The molecule has 4 rings (SSSR count). The topological polar surface area (TPSA) is 34.9 Å². The zero-order chi connectivity index (χ0) is 21.4. The van der Waals surface area contributed by atoms with Crippen LogP contribution in [0.2, 0.25) is 15.1 Å². The maximum absolute atomic E-state index is 13.3. The number of pyridine rings is 1. The van der Waals surface area contributed by atoms with Crippen molar-refractivity contribution in [2.24, 2.45) is 0 Å². The van der Waals surface area contributed by atoms with Gasteiger partial charge in [0.25, 0.3) is 0 Å². The Morgan fingerprint density at radius 3 is 2.33 bits per heavy atom. The fourth-order valence-corrected chi connectivity index (χ4v) is 5.24. The van der Waals surface area contributed by atoms with Gasteiger partial charge in [-0.3, -0.25) is 4.21 Å². The molecule has 3 nitrogen and oxygen atoms in total. The van der Waals surface area contributed by atoms with Gasteiger partial charge in [-0.1, -0.05) is 53.0 Å². The lowest BCUT2D eigenvalue weighted by Crippen LogP contribution is -2.07. The van der Waals surface area contributed by atoms with Gasteiger partial charge in [0.05, 0.1) is 32.1 Å². The van der Waals surface area contributed by atoms with Crippen molar-refractivity contribution in [1.29, 1.82) is 0 Å². The van der Waals surface area contributed by atoms with Gasteiger partial charge < -0.3 is 4.57 Å². The molecule has 0 aliphatic carbocycles. The molecule has 0 radical (unpaired) electrons. The van der Waals surface area contributed by atoms with Crippen LogP contribution in [0.4, 0.5) is 0 Å². The molecule has 2 aromatic heterocycles. The van der Waals surface area contributed by atoms with E-state index in [1.807, 2.05) is 42.5 Å². The van der Waals surface area contributed by atoms with Crippen molar-refractivity contribution in [3.8, 4) is 0 Å². The Hall–Kier alpha value is -1.85. The molecule has 4 aromatic rings. The van der Waals surface area contributed by atoms with E-state index in [9.17, 15) is 4.21 Å². The van der Waals surface area contributed by atoms with Crippen molar-refractivity contribution in [3.05, 3.63) is 92.2 Å². The van der Waals surface area contributed by atoms with E-state index in [0.717, 1.165) is 33.3 Å². The Labute approximate surface area is 193 Å². The molecule has 0 amide bonds. The molecule has 154 valence electrons. The van der Waals surface area contributed by atoms with Gasteiger partial charge in [-0.25, -0.2) is 4.98 Å². The quantitative estimate of drug-likeness (QED) is 0.311. The molecule has 0 saturated heterocycles. The fourth-order valence-electron chi connectivity index (χ4n) is 3.55. The Bertz CT molecular complexity index is 1270. The number of nitrogens with zero attached hydrogens (tertiary/aromatic N) is 2. The summed E-state index contributed by atoms with van der Waals surface area (Å²) in [4.78, 5) is 4.51. The Morgan fingerprint density at radius 1 is 0.933 bits per heavy atom. The molecule has 0 N–H and O–H groups in total. The molecule has 0 saturated carbocycles. The summed E-state index contributed by atoms with van der Waals surface area (Å²) in [5.74, 6) is 0.374. The van der Waals surface area contributed by atoms with Crippen LogP contribution in [0.25, 0.3) is 10.9 Å². The molecular weight excluding hydrogens is 459 g/mol. The highest BCUT2D eigenvalue weighted by atomic mass is 35.5. The molecule has 1 atom stereocenters. The van der Waals surface area contributed by atoms with Gasteiger partial charge in [0.1, 0.15) is 0 Å². The molecule has 1 unspecified atom stereocenters. The molecule has 0 aliphatic rings. The smallest absolute Gasteiger partial charge is 0.151 e. The largest absolute Gasteiger partial charge is 0.338 e. The van der Waals surface area contributed by atoms with Crippen molar-refractivity contribution in [3.63, 3.8) is 0 Å². The average Bonchev–Trinajstić information content (AvgIpc) is 2.97. The molecule has 2 heterocycles. The Balaban J connectivity index is 1.79. The first kappa shape index (κ1) is 21.4. The zero-order valence-electron chi connectivity index (χ0n) is 16.5. The molecule has 0 fully saturated rings. The van der Waals surface area contributed by atoms with Crippen LogP contribution in [-0.2, 0) is 23.1 Å². The molecule has 0 aliphatic heterocycles. The summed E-state index contributed by atoms with van der Waals surface area (Å²) < 4.78 is 15.5. The molecule has 2 aromatic carbocycles. The highest BCUT2D eigenvalue weighted by Gasteiger charge is 2.19. The van der Waals surface area contributed by atoms with Crippen LogP contribution in [0, 0.1) is 13.8 Å². The lowest BCUT2D eigenvalue weighted by atomic mass is 10.2. The van der Waals surface area contributed by atoms with Gasteiger partial charge in [-0.05, 0) is 60.9 Å². The van der Waals surface area contributed by atoms with Gasteiger partial charge in [0.15, 0.2) is 5.03 Å². The van der Waals surface area contributed by atoms with Crippen molar-refractivity contribution in [1.82, 2.24) is 9.55 Å². The maximum atomic E-state index is 13.3. The SMILES string of the molecule is Cc1c(C)n(Cc2ccc(Cl)c(Cl)c2)c2c(S(=O)Cc3ccc(Cl)cc3)nccc12. The van der Waals surface area contributed by atoms with E-state index >= 15 is 0 Å². The van der Waals surface area contributed by atoms with E-state index in [1.165, 1.54) is 0 Å². The van der Waals surface area contributed by atoms with Crippen LogP contribution in [0.5, 0.6) is 0 Å². The number of halogens is 3. The lowest BCUT2D eigenvalue weighted by molar-refractivity contribution is 0.679. The summed E-state index contributed by atoms with van der Waals surface area (Å²) in [6.45, 7) is 4.73. The average molecular weight is 478 g/mol. The summed E-state index contributed by atoms with van der Waals surface area (Å²) >= 11 is 18.3. The predicted octanol–water partition coefficient (Wildman–Crippen LogP) is 6.97. The second-order valence-electron chi connectivity index (χ2n) is 7.17. The number of aromatic nitrogens is 2. The van der Waals surface area contributed by atoms with E-state index in [2.05, 4.69) is 23.4 Å². The van der Waals surface area contributed by atoms with E-state index in [4.69, 9.17) is 34.8 Å². The lowest BCUT2D eigenvalue weighted by Gasteiger charge is -2.12. The van der Waals surface area contributed by atoms with E-state index in [1.54, 1.807) is 12.3 Å². The standard InChI is InChI=1S/C23H19Cl3N2OS/c1-14-15(2)28(12-17-5-8-20(25)21(26)11-17)22-19(14)9-10-27-23(22)30(29)13-16-3-6-18(24)7-4-16/h3-11H,12-13H2,1-2H3. The van der Waals surface area contributed by atoms with Crippen molar-refractivity contribution >= 4 is 56.5 Å². The van der Waals surface area contributed by atoms with Crippen LogP contribution in [0.15, 0.2) is 59.8 Å². The molecule has 30 heavy (non-hydrogen) atoms. The minimum Gasteiger partial charge on any atom is -0.338 e. The number of rotatable bonds is 5. The maximum Gasteiger partial charge on any atom is 0.151 e. The van der Waals surface area contributed by atoms with Crippen LogP contribution in [0.1, 0.15) is 22.4 Å². The number of fused-ring (bicyclic) bond motifs is 1. The van der Waals surface area contributed by atoms with Crippen molar-refractivity contribution in [2.45, 2.75) is 31.2 Å². The van der Waals surface area contributed by atoms with Crippen LogP contribution in [0.3, 0.4) is 0 Å². The summed E-state index contributed by atoms with van der Waals surface area (Å²) in [5.41, 5.74) is 5.12. The second-order valence-corrected chi connectivity index (χ2v) is 9.79. The third-order valence-electron chi connectivity index (χ3n) is 5.26. The zero-order valence-corrected chi connectivity index (χ0v) is 19.5. The summed E-state index contributed by atoms with van der Waals surface area (Å²) in [6.07, 6.45) is 1.73. The molecular formula is C23H19Cl3N2OS. The van der Waals surface area contributed by atoms with Crippen LogP contribution >= 0.6 is 34.8 Å². The molecule has 0 bridgehead atoms. The van der Waals surface area contributed by atoms with E-state index < -0.39 is 10.8 Å². The number of hydrogen-bond donors (Lipinski definition) is 0. The number of aryl methyl sites for hydroxylation is 1. The first-order chi connectivity index (χ1) is 14.3. The minimum atomic E-state index is -1.31. The number of hydrogen-bond acceptors (Lipinski definition) is 2. The fraction of sp³-hybridized carbons (Fsp3) is 0.174. The third kappa shape index (κ3) is 4.15. The van der Waals surface area contributed by atoms with Crippen LogP contribution in [-0.4, -0.2) is 13.8 Å².